The molecule has 3 aromatic rings. The smallest absolute Gasteiger partial charge is 0.407 e. The number of benzene rings is 2. The monoisotopic (exact) mass is 550 g/mol. The van der Waals surface area contributed by atoms with E-state index in [0.29, 0.717) is 47.8 Å². The van der Waals surface area contributed by atoms with Crippen LogP contribution in [-0.4, -0.2) is 62.8 Å². The number of nitrogens with zero attached hydrogens (tertiary/aromatic N) is 6. The molecule has 2 fully saturated rings. The summed E-state index contributed by atoms with van der Waals surface area (Å²) in [7, 11) is 0. The van der Waals surface area contributed by atoms with Crippen molar-refractivity contribution in [1.29, 1.82) is 5.26 Å². The molecule has 8 nitrogen and oxygen atoms in total. The predicted octanol–water partition coefficient (Wildman–Crippen LogP) is 6.24. The fourth-order valence-corrected chi connectivity index (χ4v) is 6.09. The molecule has 0 saturated carbocycles. The summed E-state index contributed by atoms with van der Waals surface area (Å²) in [5.41, 5.74) is 3.92. The molecule has 38 heavy (non-hydrogen) atoms. The fourth-order valence-electron chi connectivity index (χ4n) is 5.75. The number of hydrogen-bond acceptors (Lipinski definition) is 4. The number of amides is 1. The zero-order valence-corrected chi connectivity index (χ0v) is 22.6. The third kappa shape index (κ3) is 4.96. The van der Waals surface area contributed by atoms with E-state index in [1.165, 1.54) is 4.90 Å². The molecular formula is C28H28Cl2N6O2. The maximum atomic E-state index is 11.6. The van der Waals surface area contributed by atoms with Crippen molar-refractivity contribution in [2.75, 3.05) is 26.2 Å². The first-order valence-electron chi connectivity index (χ1n) is 12.6. The van der Waals surface area contributed by atoms with E-state index in [9.17, 15) is 15.2 Å². The number of piperidine rings is 2. The molecule has 196 valence electrons. The van der Waals surface area contributed by atoms with Crippen molar-refractivity contribution >= 4 is 35.1 Å². The van der Waals surface area contributed by atoms with Crippen molar-refractivity contribution in [3.8, 4) is 23.1 Å². The Morgan fingerprint density at radius 3 is 2.42 bits per heavy atom. The number of carbonyl (C=O) groups is 1. The van der Waals surface area contributed by atoms with Crippen LogP contribution in [0.15, 0.2) is 53.5 Å². The van der Waals surface area contributed by atoms with Crippen molar-refractivity contribution in [2.45, 2.75) is 32.6 Å². The van der Waals surface area contributed by atoms with Gasteiger partial charge in [-0.05, 0) is 62.3 Å². The zero-order valence-electron chi connectivity index (χ0n) is 21.1. The van der Waals surface area contributed by atoms with Gasteiger partial charge in [0, 0.05) is 42.3 Å². The Labute approximate surface area is 231 Å². The number of hydrogen-bond donors (Lipinski definition) is 1. The van der Waals surface area contributed by atoms with Crippen molar-refractivity contribution < 1.29 is 9.90 Å². The average molecular weight is 551 g/mol. The molecule has 1 aromatic heterocycles. The minimum atomic E-state index is -0.853. The number of para-hydroxylation sites is 1. The summed E-state index contributed by atoms with van der Waals surface area (Å²) in [5, 5.41) is 25.3. The van der Waals surface area contributed by atoms with E-state index >= 15 is 0 Å². The number of aliphatic imine (C=N–C) groups is 1. The first kappa shape index (κ1) is 26.1. The van der Waals surface area contributed by atoms with Crippen LogP contribution in [0, 0.1) is 23.8 Å². The highest BCUT2D eigenvalue weighted by Crippen LogP contribution is 2.41. The van der Waals surface area contributed by atoms with E-state index in [0.717, 1.165) is 48.2 Å². The topological polar surface area (TPSA) is 97.8 Å². The van der Waals surface area contributed by atoms with Crippen molar-refractivity contribution in [1.82, 2.24) is 19.6 Å². The summed E-state index contributed by atoms with van der Waals surface area (Å²) in [6, 6.07) is 15.0. The molecule has 2 saturated heterocycles. The molecule has 1 amide bonds. The van der Waals surface area contributed by atoms with E-state index in [4.69, 9.17) is 28.3 Å². The van der Waals surface area contributed by atoms with Gasteiger partial charge in [-0.2, -0.15) is 15.4 Å². The summed E-state index contributed by atoms with van der Waals surface area (Å²) in [6.07, 6.45) is 4.67. The molecule has 0 radical (unpaired) electrons. The van der Waals surface area contributed by atoms with Crippen LogP contribution < -0.4 is 0 Å². The van der Waals surface area contributed by atoms with E-state index < -0.39 is 6.09 Å². The molecule has 0 atom stereocenters. The van der Waals surface area contributed by atoms with Crippen molar-refractivity contribution in [3.05, 3.63) is 69.8 Å². The SMILES string of the molecule is Cc1c(C(=NC#N)N2CCC3(CCCN(C(=O)O)C3)CC2)nn(-c2ccccc2Cl)c1-c1ccc(Cl)cc1. The van der Waals surface area contributed by atoms with Crippen LogP contribution in [0.3, 0.4) is 0 Å². The molecule has 1 N–H and O–H groups in total. The Kier molecular flexibility index (Phi) is 7.33. The Morgan fingerprint density at radius 2 is 1.76 bits per heavy atom. The van der Waals surface area contributed by atoms with Crippen LogP contribution in [0.5, 0.6) is 0 Å². The number of halogens is 2. The lowest BCUT2D eigenvalue weighted by atomic mass is 9.72. The van der Waals surface area contributed by atoms with Gasteiger partial charge in [0.25, 0.3) is 0 Å². The van der Waals surface area contributed by atoms with Crippen molar-refractivity contribution in [2.24, 2.45) is 10.4 Å². The summed E-state index contributed by atoms with van der Waals surface area (Å²) < 4.78 is 1.81. The highest BCUT2D eigenvalue weighted by atomic mass is 35.5. The number of aromatic nitrogens is 2. The van der Waals surface area contributed by atoms with Gasteiger partial charge in [0.05, 0.1) is 16.4 Å². The van der Waals surface area contributed by atoms with Gasteiger partial charge in [0.15, 0.2) is 5.84 Å². The minimum absolute atomic E-state index is 0.0364. The molecule has 10 heteroatoms. The highest BCUT2D eigenvalue weighted by molar-refractivity contribution is 6.32. The molecule has 3 heterocycles. The summed E-state index contributed by atoms with van der Waals surface area (Å²) in [4.78, 5) is 19.5. The van der Waals surface area contributed by atoms with Crippen LogP contribution in [-0.2, 0) is 0 Å². The van der Waals surface area contributed by atoms with E-state index in [1.54, 1.807) is 4.68 Å². The third-order valence-corrected chi connectivity index (χ3v) is 8.32. The lowest BCUT2D eigenvalue weighted by Crippen LogP contribution is -2.52. The molecule has 0 aliphatic carbocycles. The van der Waals surface area contributed by atoms with Gasteiger partial charge in [-0.25, -0.2) is 9.48 Å². The van der Waals surface area contributed by atoms with Crippen molar-refractivity contribution in [3.63, 3.8) is 0 Å². The van der Waals surface area contributed by atoms with Crippen LogP contribution in [0.4, 0.5) is 4.79 Å². The standard InChI is InChI=1S/C28H28Cl2N6O2/c1-19-24(26(32-18-31)34-15-12-28(13-16-34)11-4-14-35(17-28)27(37)38)33-36(23-6-3-2-5-22(23)30)25(19)20-7-9-21(29)10-8-20/h2-3,5-10H,4,11-17H2,1H3,(H,37,38). The Balaban J connectivity index is 1.52. The van der Waals surface area contributed by atoms with Gasteiger partial charge in [0.2, 0.25) is 6.19 Å². The second-order valence-corrected chi connectivity index (χ2v) is 10.9. The quantitative estimate of drug-likeness (QED) is 0.236. The highest BCUT2D eigenvalue weighted by Gasteiger charge is 2.41. The van der Waals surface area contributed by atoms with Gasteiger partial charge >= 0.3 is 6.09 Å². The van der Waals surface area contributed by atoms with Gasteiger partial charge in [-0.1, -0.05) is 47.5 Å². The lowest BCUT2D eigenvalue weighted by Gasteiger charge is -2.47. The van der Waals surface area contributed by atoms with Gasteiger partial charge in [-0.3, -0.25) is 0 Å². The lowest BCUT2D eigenvalue weighted by molar-refractivity contribution is 0.0416. The zero-order chi connectivity index (χ0) is 26.9. The number of carboxylic acid groups (broad SMARTS) is 1. The molecule has 2 aliphatic rings. The fraction of sp³-hybridized carbons (Fsp3) is 0.357. The summed E-state index contributed by atoms with van der Waals surface area (Å²) in [6.45, 7) is 4.46. The molecule has 0 unspecified atom stereocenters. The van der Waals surface area contributed by atoms with E-state index in [1.807, 2.05) is 61.6 Å². The molecule has 5 rings (SSSR count). The summed E-state index contributed by atoms with van der Waals surface area (Å²) in [5.74, 6) is 0.520. The number of nitriles is 1. The molecule has 2 aliphatic heterocycles. The first-order valence-corrected chi connectivity index (χ1v) is 13.4. The Hall–Kier alpha value is -3.54. The van der Waals surface area contributed by atoms with Crippen LogP contribution in [0.25, 0.3) is 16.9 Å². The second-order valence-electron chi connectivity index (χ2n) is 10.0. The average Bonchev–Trinajstić information content (AvgIpc) is 3.25. The first-order chi connectivity index (χ1) is 18.3. The normalized spacial score (nSPS) is 17.5. The third-order valence-electron chi connectivity index (χ3n) is 7.74. The maximum Gasteiger partial charge on any atom is 0.407 e. The molecular weight excluding hydrogens is 523 g/mol. The van der Waals surface area contributed by atoms with Gasteiger partial charge < -0.3 is 14.9 Å². The summed E-state index contributed by atoms with van der Waals surface area (Å²) >= 11 is 12.8. The Bertz CT molecular complexity index is 1420. The number of likely N-dealkylation sites (tertiary alicyclic amines) is 2. The Morgan fingerprint density at radius 1 is 1.05 bits per heavy atom. The predicted molar refractivity (Wildman–Crippen MR) is 148 cm³/mol. The maximum absolute atomic E-state index is 11.6. The molecule has 2 aromatic carbocycles. The minimum Gasteiger partial charge on any atom is -0.465 e. The van der Waals surface area contributed by atoms with E-state index in [2.05, 4.69) is 9.89 Å². The van der Waals surface area contributed by atoms with Crippen LogP contribution in [0.2, 0.25) is 10.0 Å². The number of amidine groups is 1. The number of rotatable bonds is 3. The van der Waals surface area contributed by atoms with Gasteiger partial charge in [-0.15, -0.1) is 0 Å². The van der Waals surface area contributed by atoms with Gasteiger partial charge in [0.1, 0.15) is 5.69 Å². The molecule has 1 spiro atoms. The van der Waals surface area contributed by atoms with E-state index in [-0.39, 0.29) is 5.41 Å². The largest absolute Gasteiger partial charge is 0.465 e. The molecule has 0 bridgehead atoms. The second kappa shape index (κ2) is 10.7. The van der Waals surface area contributed by atoms with Crippen LogP contribution in [0.1, 0.15) is 36.9 Å². The van der Waals surface area contributed by atoms with Crippen LogP contribution >= 0.6 is 23.2 Å².